The van der Waals surface area contributed by atoms with Gasteiger partial charge in [0.05, 0.1) is 6.26 Å². The van der Waals surface area contributed by atoms with E-state index in [1.807, 2.05) is 0 Å². The molecule has 0 unspecified atom stereocenters. The van der Waals surface area contributed by atoms with Crippen LogP contribution in [0.15, 0.2) is 35.1 Å². The van der Waals surface area contributed by atoms with Gasteiger partial charge in [0.2, 0.25) is 5.95 Å². The number of carbonyl (C=O) groups excluding carboxylic acids is 2. The highest BCUT2D eigenvalue weighted by Gasteiger charge is 2.27. The van der Waals surface area contributed by atoms with Crippen molar-refractivity contribution in [3.8, 4) is 0 Å². The van der Waals surface area contributed by atoms with Gasteiger partial charge in [-0.15, -0.1) is 0 Å². The number of rotatable bonds is 4. The molecule has 4 rings (SSSR count). The molecular weight excluding hydrogens is 358 g/mol. The molecule has 3 heterocycles. The standard InChI is InChI=1S/C20H25N5O3/c26-18(16-8-9-21-20(23-16)22-15-5-2-1-3-6-15)24-10-12-25(13-11-24)19(27)17-7-4-14-28-17/h4,7-9,14-15H,1-3,5-6,10-13H2,(H,21,22,23). The summed E-state index contributed by atoms with van der Waals surface area (Å²) in [7, 11) is 0. The van der Waals surface area contributed by atoms with Crippen LogP contribution in [0.5, 0.6) is 0 Å². The number of hydrogen-bond acceptors (Lipinski definition) is 6. The van der Waals surface area contributed by atoms with Crippen molar-refractivity contribution in [1.82, 2.24) is 19.8 Å². The van der Waals surface area contributed by atoms with Gasteiger partial charge in [-0.1, -0.05) is 19.3 Å². The third-order valence-corrected chi connectivity index (χ3v) is 5.40. The largest absolute Gasteiger partial charge is 0.459 e. The second-order valence-electron chi connectivity index (χ2n) is 7.31. The summed E-state index contributed by atoms with van der Waals surface area (Å²) in [4.78, 5) is 37.3. The van der Waals surface area contributed by atoms with Crippen LogP contribution in [-0.4, -0.2) is 63.8 Å². The molecule has 8 heteroatoms. The Balaban J connectivity index is 1.34. The summed E-state index contributed by atoms with van der Waals surface area (Å²) in [6.07, 6.45) is 9.07. The number of nitrogens with one attached hydrogen (secondary N) is 1. The highest BCUT2D eigenvalue weighted by molar-refractivity contribution is 5.93. The first kappa shape index (κ1) is 18.5. The molecule has 0 spiro atoms. The van der Waals surface area contributed by atoms with Gasteiger partial charge >= 0.3 is 0 Å². The molecule has 28 heavy (non-hydrogen) atoms. The van der Waals surface area contributed by atoms with Crippen molar-refractivity contribution in [2.24, 2.45) is 0 Å². The lowest BCUT2D eigenvalue weighted by atomic mass is 9.96. The first-order chi connectivity index (χ1) is 13.7. The minimum atomic E-state index is -0.141. The van der Waals surface area contributed by atoms with Gasteiger partial charge in [0.25, 0.3) is 11.8 Å². The van der Waals surface area contributed by atoms with Crippen LogP contribution in [0.2, 0.25) is 0 Å². The van der Waals surface area contributed by atoms with E-state index in [-0.39, 0.29) is 11.8 Å². The molecule has 2 aliphatic rings. The van der Waals surface area contributed by atoms with E-state index in [1.54, 1.807) is 34.2 Å². The lowest BCUT2D eigenvalue weighted by Gasteiger charge is -2.34. The molecule has 2 aromatic rings. The molecule has 2 amide bonds. The van der Waals surface area contributed by atoms with Gasteiger partial charge in [0.15, 0.2) is 5.76 Å². The van der Waals surface area contributed by atoms with Crippen LogP contribution < -0.4 is 5.32 Å². The van der Waals surface area contributed by atoms with E-state index in [1.165, 1.54) is 25.5 Å². The van der Waals surface area contributed by atoms with Crippen molar-refractivity contribution < 1.29 is 14.0 Å². The number of anilines is 1. The SMILES string of the molecule is O=C(c1ccnc(NC2CCCCC2)n1)N1CCN(C(=O)c2ccco2)CC1. The van der Waals surface area contributed by atoms with Gasteiger partial charge in [-0.3, -0.25) is 9.59 Å². The Morgan fingerprint density at radius 3 is 2.39 bits per heavy atom. The summed E-state index contributed by atoms with van der Waals surface area (Å²) in [5.41, 5.74) is 0.388. The number of furan rings is 1. The van der Waals surface area contributed by atoms with Crippen LogP contribution in [0.3, 0.4) is 0 Å². The van der Waals surface area contributed by atoms with Crippen LogP contribution in [0.1, 0.15) is 53.1 Å². The van der Waals surface area contributed by atoms with E-state index < -0.39 is 0 Å². The minimum Gasteiger partial charge on any atom is -0.459 e. The van der Waals surface area contributed by atoms with Crippen molar-refractivity contribution in [3.63, 3.8) is 0 Å². The molecule has 0 atom stereocenters. The molecule has 8 nitrogen and oxygen atoms in total. The molecule has 1 aliphatic heterocycles. The Morgan fingerprint density at radius 1 is 1.00 bits per heavy atom. The molecule has 0 aromatic carbocycles. The summed E-state index contributed by atoms with van der Waals surface area (Å²) >= 11 is 0. The van der Waals surface area contributed by atoms with Crippen LogP contribution >= 0.6 is 0 Å². The molecule has 2 aromatic heterocycles. The number of piperazine rings is 1. The normalized spacial score (nSPS) is 18.1. The average Bonchev–Trinajstić information content (AvgIpc) is 3.29. The second kappa shape index (κ2) is 8.41. The maximum Gasteiger partial charge on any atom is 0.289 e. The lowest BCUT2D eigenvalue weighted by molar-refractivity contribution is 0.0515. The molecule has 0 bridgehead atoms. The summed E-state index contributed by atoms with van der Waals surface area (Å²) < 4.78 is 5.17. The average molecular weight is 383 g/mol. The predicted octanol–water partition coefficient (Wildman–Crippen LogP) is 2.41. The number of carbonyl (C=O) groups is 2. The van der Waals surface area contributed by atoms with E-state index in [0.29, 0.717) is 49.6 Å². The number of amides is 2. The lowest BCUT2D eigenvalue weighted by Crippen LogP contribution is -2.50. The van der Waals surface area contributed by atoms with Gasteiger partial charge in [-0.05, 0) is 31.0 Å². The molecule has 148 valence electrons. The fraction of sp³-hybridized carbons (Fsp3) is 0.500. The third-order valence-electron chi connectivity index (χ3n) is 5.40. The third kappa shape index (κ3) is 4.16. The zero-order chi connectivity index (χ0) is 19.3. The van der Waals surface area contributed by atoms with E-state index in [9.17, 15) is 9.59 Å². The number of hydrogen-bond donors (Lipinski definition) is 1. The van der Waals surface area contributed by atoms with Crippen LogP contribution in [-0.2, 0) is 0 Å². The molecule has 1 aliphatic carbocycles. The second-order valence-corrected chi connectivity index (χ2v) is 7.31. The summed E-state index contributed by atoms with van der Waals surface area (Å²) in [6, 6.07) is 5.38. The fourth-order valence-electron chi connectivity index (χ4n) is 3.81. The van der Waals surface area contributed by atoms with Crippen LogP contribution in [0.25, 0.3) is 0 Å². The zero-order valence-corrected chi connectivity index (χ0v) is 15.8. The van der Waals surface area contributed by atoms with E-state index >= 15 is 0 Å². The highest BCUT2D eigenvalue weighted by atomic mass is 16.3. The Hall–Kier alpha value is -2.90. The van der Waals surface area contributed by atoms with E-state index in [2.05, 4.69) is 15.3 Å². The van der Waals surface area contributed by atoms with Gasteiger partial charge < -0.3 is 19.5 Å². The van der Waals surface area contributed by atoms with Crippen LogP contribution in [0.4, 0.5) is 5.95 Å². The topological polar surface area (TPSA) is 91.6 Å². The Kier molecular flexibility index (Phi) is 5.55. The monoisotopic (exact) mass is 383 g/mol. The Morgan fingerprint density at radius 2 is 1.71 bits per heavy atom. The van der Waals surface area contributed by atoms with Crippen molar-refractivity contribution in [2.45, 2.75) is 38.1 Å². The Labute approximate surface area is 163 Å². The van der Waals surface area contributed by atoms with Gasteiger partial charge in [-0.25, -0.2) is 9.97 Å². The minimum absolute atomic E-state index is 0.126. The van der Waals surface area contributed by atoms with E-state index in [0.717, 1.165) is 12.8 Å². The first-order valence-corrected chi connectivity index (χ1v) is 9.92. The summed E-state index contributed by atoms with van der Waals surface area (Å²) in [6.45, 7) is 1.90. The predicted molar refractivity (Wildman–Crippen MR) is 103 cm³/mol. The summed E-state index contributed by atoms with van der Waals surface area (Å²) in [5.74, 6) is 0.579. The molecule has 2 fully saturated rings. The molecule has 1 saturated carbocycles. The molecule has 1 saturated heterocycles. The van der Waals surface area contributed by atoms with Gasteiger partial charge in [0.1, 0.15) is 5.69 Å². The fourth-order valence-corrected chi connectivity index (χ4v) is 3.81. The van der Waals surface area contributed by atoms with Gasteiger partial charge in [0, 0.05) is 38.4 Å². The summed E-state index contributed by atoms with van der Waals surface area (Å²) in [5, 5.41) is 3.36. The maximum atomic E-state index is 12.8. The quantitative estimate of drug-likeness (QED) is 0.872. The smallest absolute Gasteiger partial charge is 0.289 e. The van der Waals surface area contributed by atoms with E-state index in [4.69, 9.17) is 4.42 Å². The van der Waals surface area contributed by atoms with Crippen LogP contribution in [0, 0.1) is 0 Å². The molecule has 1 N–H and O–H groups in total. The van der Waals surface area contributed by atoms with Crippen molar-refractivity contribution >= 4 is 17.8 Å². The maximum absolute atomic E-state index is 12.8. The first-order valence-electron chi connectivity index (χ1n) is 9.92. The molecular formula is C20H25N5O3. The van der Waals surface area contributed by atoms with Gasteiger partial charge in [-0.2, -0.15) is 0 Å². The number of aromatic nitrogens is 2. The highest BCUT2D eigenvalue weighted by Crippen LogP contribution is 2.20. The van der Waals surface area contributed by atoms with Crippen molar-refractivity contribution in [3.05, 3.63) is 42.1 Å². The van der Waals surface area contributed by atoms with Crippen molar-refractivity contribution in [1.29, 1.82) is 0 Å². The van der Waals surface area contributed by atoms with Crippen molar-refractivity contribution in [2.75, 3.05) is 31.5 Å². The number of nitrogens with zero attached hydrogens (tertiary/aromatic N) is 4. The Bertz CT molecular complexity index is 809. The zero-order valence-electron chi connectivity index (χ0n) is 15.8. The molecule has 0 radical (unpaired) electrons.